The van der Waals surface area contributed by atoms with Crippen LogP contribution in [0.3, 0.4) is 0 Å². The average Bonchev–Trinajstić information content (AvgIpc) is 2.71. The van der Waals surface area contributed by atoms with Crippen molar-refractivity contribution in [3.05, 3.63) is 22.2 Å². The molecule has 0 bridgehead atoms. The largest absolute Gasteiger partial charge is 0.397 e. The number of aliphatic hydroxyl groups is 1. The number of aliphatic hydroxyl groups excluding tert-OH is 1. The van der Waals surface area contributed by atoms with Crippen LogP contribution in [0, 0.1) is 13.8 Å². The summed E-state index contributed by atoms with van der Waals surface area (Å²) in [6, 6.07) is 1.97. The van der Waals surface area contributed by atoms with Crippen LogP contribution in [0.4, 0.5) is 5.69 Å². The van der Waals surface area contributed by atoms with Crippen LogP contribution >= 0.6 is 11.3 Å². The zero-order valence-electron chi connectivity index (χ0n) is 11.7. The molecule has 0 unspecified atom stereocenters. The Bertz CT molecular complexity index is 637. The second kappa shape index (κ2) is 6.19. The van der Waals surface area contributed by atoms with Crippen molar-refractivity contribution >= 4 is 33.1 Å². The molecule has 2 rings (SSSR count). The van der Waals surface area contributed by atoms with Gasteiger partial charge in [-0.15, -0.1) is 11.3 Å². The third kappa shape index (κ3) is 2.91. The van der Waals surface area contributed by atoms with Crippen molar-refractivity contribution in [1.82, 2.24) is 10.3 Å². The molecule has 5 nitrogen and oxygen atoms in total. The monoisotopic (exact) mass is 293 g/mol. The van der Waals surface area contributed by atoms with Crippen molar-refractivity contribution in [3.63, 3.8) is 0 Å². The minimum Gasteiger partial charge on any atom is -0.397 e. The van der Waals surface area contributed by atoms with E-state index in [1.165, 1.54) is 11.3 Å². The number of hydrogen-bond acceptors (Lipinski definition) is 5. The highest BCUT2D eigenvalue weighted by Crippen LogP contribution is 2.34. The highest BCUT2D eigenvalue weighted by molar-refractivity contribution is 7.21. The Balaban J connectivity index is 2.24. The lowest BCUT2D eigenvalue weighted by molar-refractivity contribution is 0.0957. The summed E-state index contributed by atoms with van der Waals surface area (Å²) in [6.07, 6.45) is 1.44. The van der Waals surface area contributed by atoms with Crippen LogP contribution in [0.1, 0.15) is 33.8 Å². The van der Waals surface area contributed by atoms with E-state index in [0.29, 0.717) is 23.5 Å². The zero-order valence-corrected chi connectivity index (χ0v) is 12.5. The number of pyridine rings is 1. The number of carbonyl (C=O) groups is 1. The normalized spacial score (nSPS) is 10.9. The molecule has 1 amide bonds. The first kappa shape index (κ1) is 14.7. The van der Waals surface area contributed by atoms with E-state index in [2.05, 4.69) is 10.3 Å². The molecule has 0 saturated carbocycles. The Morgan fingerprint density at radius 3 is 2.90 bits per heavy atom. The maximum atomic E-state index is 12.1. The van der Waals surface area contributed by atoms with Gasteiger partial charge in [-0.2, -0.15) is 0 Å². The lowest BCUT2D eigenvalue weighted by atomic mass is 10.1. The number of nitrogens with zero attached hydrogens (tertiary/aromatic N) is 1. The van der Waals surface area contributed by atoms with Crippen molar-refractivity contribution in [2.45, 2.75) is 26.7 Å². The van der Waals surface area contributed by atoms with Crippen LogP contribution in [0.25, 0.3) is 10.2 Å². The lowest BCUT2D eigenvalue weighted by Gasteiger charge is -2.03. The van der Waals surface area contributed by atoms with Crippen molar-refractivity contribution in [2.24, 2.45) is 0 Å². The standard InChI is InChI=1S/C14H19N3O2S/c1-8-7-9(2)17-14-10(8)11(15)12(20-14)13(19)16-5-3-4-6-18/h7,18H,3-6,15H2,1-2H3,(H,16,19). The Hall–Kier alpha value is -1.66. The van der Waals surface area contributed by atoms with Crippen molar-refractivity contribution < 1.29 is 9.90 Å². The molecule has 2 heterocycles. The van der Waals surface area contributed by atoms with Crippen LogP contribution < -0.4 is 11.1 Å². The summed E-state index contributed by atoms with van der Waals surface area (Å²) in [5.74, 6) is -0.166. The van der Waals surface area contributed by atoms with Crippen LogP contribution in [-0.2, 0) is 0 Å². The fourth-order valence-corrected chi connectivity index (χ4v) is 3.29. The summed E-state index contributed by atoms with van der Waals surface area (Å²) in [6.45, 7) is 4.59. The number of aromatic nitrogens is 1. The Morgan fingerprint density at radius 2 is 2.20 bits per heavy atom. The predicted molar refractivity (Wildman–Crippen MR) is 82.2 cm³/mol. The summed E-state index contributed by atoms with van der Waals surface area (Å²) in [5, 5.41) is 12.4. The van der Waals surface area contributed by atoms with Gasteiger partial charge >= 0.3 is 0 Å². The lowest BCUT2D eigenvalue weighted by Crippen LogP contribution is -2.24. The molecule has 0 radical (unpaired) electrons. The van der Waals surface area contributed by atoms with E-state index >= 15 is 0 Å². The van der Waals surface area contributed by atoms with Crippen molar-refractivity contribution in [2.75, 3.05) is 18.9 Å². The van der Waals surface area contributed by atoms with E-state index in [-0.39, 0.29) is 12.5 Å². The van der Waals surface area contributed by atoms with Gasteiger partial charge in [-0.3, -0.25) is 4.79 Å². The maximum absolute atomic E-state index is 12.1. The Labute approximate surface area is 121 Å². The first-order chi connectivity index (χ1) is 9.54. The Morgan fingerprint density at radius 1 is 1.45 bits per heavy atom. The number of anilines is 1. The number of thiophene rings is 1. The topological polar surface area (TPSA) is 88.2 Å². The van der Waals surface area contributed by atoms with Gasteiger partial charge in [0.25, 0.3) is 5.91 Å². The highest BCUT2D eigenvalue weighted by Gasteiger charge is 2.18. The minimum absolute atomic E-state index is 0.142. The highest BCUT2D eigenvalue weighted by atomic mass is 32.1. The summed E-state index contributed by atoms with van der Waals surface area (Å²) >= 11 is 1.33. The number of amides is 1. The smallest absolute Gasteiger partial charge is 0.263 e. The number of aryl methyl sites for hydroxylation is 2. The van der Waals surface area contributed by atoms with E-state index in [1.54, 1.807) is 0 Å². The van der Waals surface area contributed by atoms with Crippen LogP contribution in [-0.4, -0.2) is 29.1 Å². The molecule has 0 atom stereocenters. The predicted octanol–water partition coefficient (Wildman–Crippen LogP) is 2.00. The number of nitrogen functional groups attached to an aromatic ring is 1. The van der Waals surface area contributed by atoms with Crippen LogP contribution in [0.2, 0.25) is 0 Å². The van der Waals surface area contributed by atoms with Crippen LogP contribution in [0.15, 0.2) is 6.07 Å². The van der Waals surface area contributed by atoms with E-state index < -0.39 is 0 Å². The third-order valence-corrected chi connectivity index (χ3v) is 4.20. The van der Waals surface area contributed by atoms with E-state index in [0.717, 1.165) is 27.9 Å². The van der Waals surface area contributed by atoms with Gasteiger partial charge < -0.3 is 16.2 Å². The molecule has 20 heavy (non-hydrogen) atoms. The van der Waals surface area contributed by atoms with Crippen LogP contribution in [0.5, 0.6) is 0 Å². The number of unbranched alkanes of at least 4 members (excludes halogenated alkanes) is 1. The quantitative estimate of drug-likeness (QED) is 0.736. The SMILES string of the molecule is Cc1cc(C)c2c(N)c(C(=O)NCCCCO)sc2n1. The summed E-state index contributed by atoms with van der Waals surface area (Å²) in [7, 11) is 0. The minimum atomic E-state index is -0.166. The first-order valence-electron chi connectivity index (χ1n) is 6.60. The molecule has 2 aromatic heterocycles. The zero-order chi connectivity index (χ0) is 14.7. The van der Waals surface area contributed by atoms with Gasteiger partial charge in [-0.05, 0) is 38.3 Å². The number of rotatable bonds is 5. The molecular weight excluding hydrogens is 274 g/mol. The van der Waals surface area contributed by atoms with E-state index in [9.17, 15) is 4.79 Å². The molecule has 0 spiro atoms. The molecule has 108 valence electrons. The number of nitrogens with one attached hydrogen (secondary N) is 1. The first-order valence-corrected chi connectivity index (χ1v) is 7.41. The van der Waals surface area contributed by atoms with Gasteiger partial charge in [-0.25, -0.2) is 4.98 Å². The molecule has 0 aliphatic rings. The number of carbonyl (C=O) groups excluding carboxylic acids is 1. The van der Waals surface area contributed by atoms with Gasteiger partial charge in [0.15, 0.2) is 0 Å². The maximum Gasteiger partial charge on any atom is 0.263 e. The molecular formula is C14H19N3O2S. The van der Waals surface area contributed by atoms with E-state index in [4.69, 9.17) is 10.8 Å². The van der Waals surface area contributed by atoms with E-state index in [1.807, 2.05) is 19.9 Å². The summed E-state index contributed by atoms with van der Waals surface area (Å²) in [5.41, 5.74) is 8.56. The fraction of sp³-hybridized carbons (Fsp3) is 0.429. The molecule has 2 aromatic rings. The van der Waals surface area contributed by atoms with Gasteiger partial charge in [0, 0.05) is 24.2 Å². The molecule has 0 aromatic carbocycles. The van der Waals surface area contributed by atoms with Gasteiger partial charge in [0.05, 0.1) is 5.69 Å². The molecule has 0 aliphatic heterocycles. The second-order valence-electron chi connectivity index (χ2n) is 4.79. The number of fused-ring (bicyclic) bond motifs is 1. The van der Waals surface area contributed by atoms with Gasteiger partial charge in [0.2, 0.25) is 0 Å². The summed E-state index contributed by atoms with van der Waals surface area (Å²) < 4.78 is 0. The molecule has 4 N–H and O–H groups in total. The molecule has 0 aliphatic carbocycles. The van der Waals surface area contributed by atoms with Gasteiger partial charge in [-0.1, -0.05) is 0 Å². The summed E-state index contributed by atoms with van der Waals surface area (Å²) in [4.78, 5) is 17.9. The Kier molecular flexibility index (Phi) is 4.57. The van der Waals surface area contributed by atoms with Crippen molar-refractivity contribution in [3.8, 4) is 0 Å². The molecule has 0 saturated heterocycles. The van der Waals surface area contributed by atoms with Gasteiger partial charge in [0.1, 0.15) is 9.71 Å². The second-order valence-corrected chi connectivity index (χ2v) is 5.79. The fourth-order valence-electron chi connectivity index (χ4n) is 2.16. The molecule has 6 heteroatoms. The number of nitrogens with two attached hydrogens (primary N) is 1. The third-order valence-electron chi connectivity index (χ3n) is 3.10. The average molecular weight is 293 g/mol. The van der Waals surface area contributed by atoms with Crippen molar-refractivity contribution in [1.29, 1.82) is 0 Å². The molecule has 0 fully saturated rings. The number of hydrogen-bond donors (Lipinski definition) is 3.